The molecule has 0 spiro atoms. The van der Waals surface area contributed by atoms with Crippen molar-refractivity contribution in [1.82, 2.24) is 9.66 Å². The van der Waals surface area contributed by atoms with Gasteiger partial charge in [0.1, 0.15) is 17.5 Å². The lowest BCUT2D eigenvalue weighted by Crippen LogP contribution is -2.25. The molecule has 1 fully saturated rings. The second kappa shape index (κ2) is 10.4. The number of methoxy groups -OCH3 is 1. The SMILES string of the molecule is C#CCOc1c(OC)cc(C=Nn2c(C3CCCCC3)nc3ccccc3c2=O)c(Br)c1Cl. The van der Waals surface area contributed by atoms with Gasteiger partial charge in [-0.05, 0) is 47.0 Å². The molecule has 1 aromatic heterocycles. The van der Waals surface area contributed by atoms with E-state index in [9.17, 15) is 4.79 Å². The summed E-state index contributed by atoms with van der Waals surface area (Å²) in [5.74, 6) is 4.05. The largest absolute Gasteiger partial charge is 0.493 e. The number of para-hydroxylation sites is 1. The molecule has 0 N–H and O–H groups in total. The van der Waals surface area contributed by atoms with Crippen LogP contribution >= 0.6 is 27.5 Å². The quantitative estimate of drug-likeness (QED) is 0.301. The van der Waals surface area contributed by atoms with Gasteiger partial charge in [-0.25, -0.2) is 4.98 Å². The summed E-state index contributed by atoms with van der Waals surface area (Å²) in [5, 5.41) is 5.41. The molecule has 8 heteroatoms. The molecule has 4 rings (SSSR count). The van der Waals surface area contributed by atoms with E-state index in [0.717, 1.165) is 25.7 Å². The summed E-state index contributed by atoms with van der Waals surface area (Å²) in [6, 6.07) is 9.09. The minimum atomic E-state index is -0.194. The van der Waals surface area contributed by atoms with E-state index in [1.54, 1.807) is 18.3 Å². The molecule has 0 radical (unpaired) electrons. The molecular weight excluding hydrogens is 506 g/mol. The number of benzene rings is 2. The molecule has 0 bridgehead atoms. The number of nitrogens with zero attached hydrogens (tertiary/aromatic N) is 3. The van der Waals surface area contributed by atoms with Crippen LogP contribution in [-0.2, 0) is 0 Å². The van der Waals surface area contributed by atoms with Crippen LogP contribution in [0.5, 0.6) is 11.5 Å². The highest BCUT2D eigenvalue weighted by Crippen LogP contribution is 2.42. The molecule has 0 aliphatic heterocycles. The monoisotopic (exact) mass is 527 g/mol. The van der Waals surface area contributed by atoms with Gasteiger partial charge in [0.25, 0.3) is 5.56 Å². The van der Waals surface area contributed by atoms with Gasteiger partial charge in [0.2, 0.25) is 0 Å². The topological polar surface area (TPSA) is 65.7 Å². The van der Waals surface area contributed by atoms with Crippen molar-refractivity contribution in [3.63, 3.8) is 0 Å². The molecule has 3 aromatic rings. The smallest absolute Gasteiger partial charge is 0.282 e. The maximum Gasteiger partial charge on any atom is 0.282 e. The summed E-state index contributed by atoms with van der Waals surface area (Å²) < 4.78 is 13.0. The maximum atomic E-state index is 13.4. The fraction of sp³-hybridized carbons (Fsp3) is 0.320. The zero-order chi connectivity index (χ0) is 23.4. The van der Waals surface area contributed by atoms with Crippen LogP contribution in [0, 0.1) is 12.3 Å². The first kappa shape index (κ1) is 23.3. The molecule has 6 nitrogen and oxygen atoms in total. The van der Waals surface area contributed by atoms with E-state index < -0.39 is 0 Å². The Morgan fingerprint density at radius 1 is 1.33 bits per heavy atom. The number of rotatable bonds is 6. The normalized spacial score (nSPS) is 14.5. The molecule has 1 aliphatic rings. The predicted molar refractivity (Wildman–Crippen MR) is 135 cm³/mol. The molecule has 170 valence electrons. The van der Waals surface area contributed by atoms with Crippen LogP contribution in [0.4, 0.5) is 0 Å². The van der Waals surface area contributed by atoms with Gasteiger partial charge in [0.05, 0.1) is 24.2 Å². The van der Waals surface area contributed by atoms with Gasteiger partial charge >= 0.3 is 0 Å². The van der Waals surface area contributed by atoms with Crippen LogP contribution in [-0.4, -0.2) is 29.6 Å². The molecule has 0 atom stereocenters. The van der Waals surface area contributed by atoms with Crippen LogP contribution in [0.3, 0.4) is 0 Å². The van der Waals surface area contributed by atoms with Gasteiger partial charge < -0.3 is 9.47 Å². The summed E-state index contributed by atoms with van der Waals surface area (Å²) >= 11 is 10.00. The standard InChI is InChI=1S/C25H23BrClN3O3/c1-3-13-33-23-20(32-2)14-17(21(26)22(23)27)15-28-30-24(16-9-5-4-6-10-16)29-19-12-8-7-11-18(19)25(30)31/h1,7-8,11-12,14-16H,4-6,9-10,13H2,2H3. The van der Waals surface area contributed by atoms with Crippen LogP contribution < -0.4 is 15.0 Å². The predicted octanol–water partition coefficient (Wildman–Crippen LogP) is 5.76. The van der Waals surface area contributed by atoms with Crippen molar-refractivity contribution in [1.29, 1.82) is 0 Å². The van der Waals surface area contributed by atoms with Gasteiger partial charge in [-0.15, -0.1) is 6.42 Å². The van der Waals surface area contributed by atoms with Gasteiger partial charge in [0, 0.05) is 16.0 Å². The molecule has 1 aliphatic carbocycles. The van der Waals surface area contributed by atoms with Gasteiger partial charge in [-0.1, -0.05) is 48.9 Å². The van der Waals surface area contributed by atoms with Crippen molar-refractivity contribution in [2.75, 3.05) is 13.7 Å². The Kier molecular flexibility index (Phi) is 7.36. The first-order valence-electron chi connectivity index (χ1n) is 10.7. The Morgan fingerprint density at radius 2 is 2.09 bits per heavy atom. The summed E-state index contributed by atoms with van der Waals surface area (Å²) in [4.78, 5) is 18.2. The molecule has 2 aromatic carbocycles. The van der Waals surface area contributed by atoms with Crippen LogP contribution in [0.25, 0.3) is 10.9 Å². The lowest BCUT2D eigenvalue weighted by Gasteiger charge is -2.22. The van der Waals surface area contributed by atoms with Gasteiger partial charge in [0.15, 0.2) is 11.5 Å². The van der Waals surface area contributed by atoms with Crippen LogP contribution in [0.1, 0.15) is 49.4 Å². The van der Waals surface area contributed by atoms with Crippen molar-refractivity contribution in [2.45, 2.75) is 38.0 Å². The third-order valence-electron chi connectivity index (χ3n) is 5.74. The zero-order valence-corrected chi connectivity index (χ0v) is 20.5. The average molecular weight is 529 g/mol. The summed E-state index contributed by atoms with van der Waals surface area (Å²) in [5.41, 5.74) is 1.12. The third kappa shape index (κ3) is 4.78. The number of halogens is 2. The van der Waals surface area contributed by atoms with E-state index in [-0.39, 0.29) is 18.1 Å². The third-order valence-corrected chi connectivity index (χ3v) is 7.18. The van der Waals surface area contributed by atoms with Gasteiger partial charge in [-0.2, -0.15) is 9.78 Å². The first-order chi connectivity index (χ1) is 16.0. The van der Waals surface area contributed by atoms with E-state index in [1.165, 1.54) is 18.2 Å². The van der Waals surface area contributed by atoms with Crippen LogP contribution in [0.2, 0.25) is 5.02 Å². The van der Waals surface area contributed by atoms with Crippen LogP contribution in [0.15, 0.2) is 44.7 Å². The van der Waals surface area contributed by atoms with Crippen molar-refractivity contribution in [3.05, 3.63) is 61.6 Å². The highest BCUT2D eigenvalue weighted by Gasteiger charge is 2.23. The molecule has 0 amide bonds. The Balaban J connectivity index is 1.82. The number of ether oxygens (including phenoxy) is 2. The highest BCUT2D eigenvalue weighted by molar-refractivity contribution is 9.10. The Morgan fingerprint density at radius 3 is 2.82 bits per heavy atom. The summed E-state index contributed by atoms with van der Waals surface area (Å²) in [7, 11) is 1.52. The van der Waals surface area contributed by atoms with E-state index in [2.05, 4.69) is 27.0 Å². The molecular formula is C25H23BrClN3O3. The lowest BCUT2D eigenvalue weighted by atomic mass is 9.88. The Hall–Kier alpha value is -2.82. The van der Waals surface area contributed by atoms with Gasteiger partial charge in [-0.3, -0.25) is 4.79 Å². The number of hydrogen-bond donors (Lipinski definition) is 0. The van der Waals surface area contributed by atoms with Crippen molar-refractivity contribution in [3.8, 4) is 23.8 Å². The average Bonchev–Trinajstić information content (AvgIpc) is 2.85. The number of terminal acetylenes is 1. The molecule has 1 saturated carbocycles. The van der Waals surface area contributed by atoms with E-state index in [0.29, 0.717) is 43.3 Å². The minimum absolute atomic E-state index is 0.0544. The number of aromatic nitrogens is 2. The molecule has 0 saturated heterocycles. The second-order valence-corrected chi connectivity index (χ2v) is 8.97. The fourth-order valence-electron chi connectivity index (χ4n) is 4.10. The Bertz CT molecular complexity index is 1310. The first-order valence-corrected chi connectivity index (χ1v) is 11.9. The van der Waals surface area contributed by atoms with E-state index >= 15 is 0 Å². The molecule has 1 heterocycles. The highest BCUT2D eigenvalue weighted by atomic mass is 79.9. The summed E-state index contributed by atoms with van der Waals surface area (Å²) in [6.45, 7) is 0.0544. The minimum Gasteiger partial charge on any atom is -0.493 e. The lowest BCUT2D eigenvalue weighted by molar-refractivity contribution is 0.331. The Labute approximate surface area is 205 Å². The van der Waals surface area contributed by atoms with E-state index in [4.69, 9.17) is 32.5 Å². The second-order valence-electron chi connectivity index (χ2n) is 7.80. The fourth-order valence-corrected chi connectivity index (χ4v) is 4.75. The maximum absolute atomic E-state index is 13.4. The summed E-state index contributed by atoms with van der Waals surface area (Å²) in [6.07, 6.45) is 12.3. The van der Waals surface area contributed by atoms with Crippen molar-refractivity contribution < 1.29 is 9.47 Å². The number of hydrogen-bond acceptors (Lipinski definition) is 5. The molecule has 33 heavy (non-hydrogen) atoms. The number of fused-ring (bicyclic) bond motifs is 1. The van der Waals surface area contributed by atoms with Crippen molar-refractivity contribution >= 4 is 44.6 Å². The van der Waals surface area contributed by atoms with E-state index in [1.807, 2.05) is 18.2 Å². The molecule has 0 unspecified atom stereocenters. The zero-order valence-electron chi connectivity index (χ0n) is 18.2. The van der Waals surface area contributed by atoms with Crippen molar-refractivity contribution in [2.24, 2.45) is 5.10 Å².